The van der Waals surface area contributed by atoms with Gasteiger partial charge in [0.2, 0.25) is 0 Å². The van der Waals surface area contributed by atoms with E-state index < -0.39 is 11.7 Å². The molecule has 0 fully saturated rings. The van der Waals surface area contributed by atoms with Gasteiger partial charge in [-0.3, -0.25) is 0 Å². The third-order valence-corrected chi connectivity index (χ3v) is 6.91. The molecule has 3 aromatic carbocycles. The quantitative estimate of drug-likeness (QED) is 0.261. The summed E-state index contributed by atoms with van der Waals surface area (Å²) < 4.78 is 38.7. The van der Waals surface area contributed by atoms with Crippen LogP contribution in [0, 0.1) is 17.8 Å². The summed E-state index contributed by atoms with van der Waals surface area (Å²) in [4.78, 5) is 0. The fourth-order valence-corrected chi connectivity index (χ4v) is 5.09. The Morgan fingerprint density at radius 1 is 0.879 bits per heavy atom. The average molecular weight is 449 g/mol. The van der Waals surface area contributed by atoms with Crippen molar-refractivity contribution in [2.24, 2.45) is 5.92 Å². The molecular weight excluding hydrogens is 417 g/mol. The van der Waals surface area contributed by atoms with Gasteiger partial charge in [-0.1, -0.05) is 87.3 Å². The predicted molar refractivity (Wildman–Crippen MR) is 130 cm³/mol. The zero-order valence-corrected chi connectivity index (χ0v) is 19.2. The van der Waals surface area contributed by atoms with Gasteiger partial charge in [-0.05, 0) is 71.3 Å². The number of halogens is 3. The Morgan fingerprint density at radius 2 is 1.64 bits per heavy atom. The zero-order chi connectivity index (χ0) is 23.3. The van der Waals surface area contributed by atoms with E-state index in [1.807, 2.05) is 0 Å². The molecule has 4 rings (SSSR count). The molecule has 0 nitrogen and oxygen atoms in total. The summed E-state index contributed by atoms with van der Waals surface area (Å²) in [7, 11) is 0. The molecule has 2 atom stereocenters. The van der Waals surface area contributed by atoms with E-state index in [4.69, 9.17) is 0 Å². The predicted octanol–water partition coefficient (Wildman–Crippen LogP) is 8.92. The van der Waals surface area contributed by atoms with Crippen molar-refractivity contribution in [2.75, 3.05) is 0 Å². The molecule has 0 saturated carbocycles. The van der Waals surface area contributed by atoms with Crippen LogP contribution in [0.1, 0.15) is 80.0 Å². The van der Waals surface area contributed by atoms with Crippen molar-refractivity contribution in [1.82, 2.24) is 0 Å². The smallest absolute Gasteiger partial charge is 0.166 e. The second-order valence-corrected chi connectivity index (χ2v) is 9.18. The van der Waals surface area contributed by atoms with Crippen LogP contribution in [0.3, 0.4) is 0 Å². The highest BCUT2D eigenvalue weighted by Gasteiger charge is 2.30. The van der Waals surface area contributed by atoms with Gasteiger partial charge in [-0.15, -0.1) is 0 Å². The van der Waals surface area contributed by atoms with Crippen LogP contribution in [0.4, 0.5) is 13.2 Å². The van der Waals surface area contributed by atoms with E-state index in [-0.39, 0.29) is 5.92 Å². The molecule has 1 aliphatic carbocycles. The molecule has 0 saturated heterocycles. The first kappa shape index (κ1) is 23.4. The van der Waals surface area contributed by atoms with Gasteiger partial charge >= 0.3 is 6.18 Å². The van der Waals surface area contributed by atoms with E-state index in [0.717, 1.165) is 31.4 Å². The van der Waals surface area contributed by atoms with Crippen molar-refractivity contribution in [1.29, 1.82) is 0 Å². The van der Waals surface area contributed by atoms with Crippen molar-refractivity contribution in [3.63, 3.8) is 0 Å². The van der Waals surface area contributed by atoms with E-state index in [9.17, 15) is 13.2 Å². The summed E-state index contributed by atoms with van der Waals surface area (Å²) in [6.07, 6.45) is 5.30. The van der Waals surface area contributed by atoms with Crippen molar-refractivity contribution in [3.05, 3.63) is 82.9 Å². The molecule has 0 aromatic heterocycles. The second kappa shape index (κ2) is 10.5. The third-order valence-electron chi connectivity index (χ3n) is 6.91. The Hall–Kier alpha value is -2.73. The van der Waals surface area contributed by atoms with Crippen molar-refractivity contribution >= 4 is 10.8 Å². The van der Waals surface area contributed by atoms with E-state index in [0.29, 0.717) is 11.5 Å². The van der Waals surface area contributed by atoms with E-state index in [1.165, 1.54) is 66.1 Å². The van der Waals surface area contributed by atoms with E-state index in [2.05, 4.69) is 55.2 Å². The Kier molecular flexibility index (Phi) is 7.43. The summed E-state index contributed by atoms with van der Waals surface area (Å²) >= 11 is 0. The number of benzene rings is 3. The fraction of sp³-hybridized carbons (Fsp3) is 0.400. The minimum atomic E-state index is -4.32. The molecule has 1 aliphatic rings. The van der Waals surface area contributed by atoms with Gasteiger partial charge in [0.1, 0.15) is 0 Å². The highest BCUT2D eigenvalue weighted by molar-refractivity contribution is 5.87. The van der Waals surface area contributed by atoms with E-state index >= 15 is 0 Å². The van der Waals surface area contributed by atoms with Gasteiger partial charge in [0.15, 0.2) is 0 Å². The summed E-state index contributed by atoms with van der Waals surface area (Å²) in [6.45, 7) is 2.23. The molecule has 0 heterocycles. The van der Waals surface area contributed by atoms with Gasteiger partial charge in [0.25, 0.3) is 0 Å². The Morgan fingerprint density at radius 3 is 2.39 bits per heavy atom. The fourth-order valence-electron chi connectivity index (χ4n) is 5.09. The first-order valence-electron chi connectivity index (χ1n) is 12.2. The topological polar surface area (TPSA) is 0 Å². The number of alkyl halides is 3. The molecule has 0 bridgehead atoms. The van der Waals surface area contributed by atoms with Crippen LogP contribution in [-0.2, 0) is 12.6 Å². The van der Waals surface area contributed by atoms with Crippen molar-refractivity contribution in [2.45, 2.75) is 70.4 Å². The van der Waals surface area contributed by atoms with Crippen molar-refractivity contribution < 1.29 is 13.2 Å². The highest BCUT2D eigenvalue weighted by Crippen LogP contribution is 2.41. The van der Waals surface area contributed by atoms with Crippen LogP contribution in [0.2, 0.25) is 0 Å². The summed E-state index contributed by atoms with van der Waals surface area (Å²) in [5.74, 6) is 7.30. The molecule has 172 valence electrons. The maximum Gasteiger partial charge on any atom is 0.416 e. The van der Waals surface area contributed by atoms with Crippen LogP contribution in [0.15, 0.2) is 60.7 Å². The molecular formula is C30H31F3. The van der Waals surface area contributed by atoms with Crippen LogP contribution in [0.25, 0.3) is 10.8 Å². The average Bonchev–Trinajstić information content (AvgIpc) is 2.82. The van der Waals surface area contributed by atoms with Crippen molar-refractivity contribution in [3.8, 4) is 11.8 Å². The maximum atomic E-state index is 12.9. The first-order chi connectivity index (χ1) is 16.0. The SMILES string of the molecule is CCCCCCC[C@@H]1CCc2c(ccc3ccccc23)[C@H]1C#Cc1ccc(C(F)(F)F)cc1. The zero-order valence-electron chi connectivity index (χ0n) is 19.2. The Balaban J connectivity index is 1.62. The molecule has 0 N–H and O–H groups in total. The number of rotatable bonds is 6. The number of hydrogen-bond donors (Lipinski definition) is 0. The van der Waals surface area contributed by atoms with Gasteiger partial charge in [-0.2, -0.15) is 13.2 Å². The minimum absolute atomic E-state index is 0.117. The summed E-state index contributed by atoms with van der Waals surface area (Å²) in [6, 6.07) is 18.1. The molecule has 0 amide bonds. The van der Waals surface area contributed by atoms with Crippen LogP contribution in [-0.4, -0.2) is 0 Å². The first-order valence-corrected chi connectivity index (χ1v) is 12.2. The largest absolute Gasteiger partial charge is 0.416 e. The summed E-state index contributed by atoms with van der Waals surface area (Å²) in [5.41, 5.74) is 2.70. The maximum absolute atomic E-state index is 12.9. The van der Waals surface area contributed by atoms with Gasteiger partial charge in [-0.25, -0.2) is 0 Å². The molecule has 0 aliphatic heterocycles. The summed E-state index contributed by atoms with van der Waals surface area (Å²) in [5, 5.41) is 2.56. The van der Waals surface area contributed by atoms with Crippen LogP contribution < -0.4 is 0 Å². The standard InChI is InChI=1S/C30H31F3/c1-2-3-4-5-6-9-24-16-20-28-26-11-8-7-10-23(26)15-21-29(28)27(24)19-14-22-12-17-25(18-13-22)30(31,32)33/h7-8,10-13,15,17-18,21,24,27H,2-6,9,16,20H2,1H3/t24-,27+/m1/s1. The number of fused-ring (bicyclic) bond motifs is 3. The minimum Gasteiger partial charge on any atom is -0.166 e. The third kappa shape index (κ3) is 5.61. The van der Waals surface area contributed by atoms with Gasteiger partial charge in [0.05, 0.1) is 5.56 Å². The highest BCUT2D eigenvalue weighted by atomic mass is 19.4. The lowest BCUT2D eigenvalue weighted by atomic mass is 9.72. The normalized spacial score (nSPS) is 17.9. The molecule has 3 heteroatoms. The molecule has 0 spiro atoms. The monoisotopic (exact) mass is 448 g/mol. The molecule has 0 unspecified atom stereocenters. The van der Waals surface area contributed by atoms with Gasteiger partial charge in [0, 0.05) is 11.5 Å². The van der Waals surface area contributed by atoms with Crippen LogP contribution >= 0.6 is 0 Å². The second-order valence-electron chi connectivity index (χ2n) is 9.18. The molecule has 33 heavy (non-hydrogen) atoms. The van der Waals surface area contributed by atoms with Crippen LogP contribution in [0.5, 0.6) is 0 Å². The lowest BCUT2D eigenvalue weighted by Crippen LogP contribution is -2.20. The Labute approximate surface area is 195 Å². The molecule has 3 aromatic rings. The lowest BCUT2D eigenvalue weighted by molar-refractivity contribution is -0.137. The Bertz CT molecular complexity index is 1130. The number of hydrogen-bond acceptors (Lipinski definition) is 0. The van der Waals surface area contributed by atoms with Gasteiger partial charge < -0.3 is 0 Å². The molecule has 0 radical (unpaired) electrons. The number of unbranched alkanes of at least 4 members (excludes halogenated alkanes) is 4. The van der Waals surface area contributed by atoms with E-state index in [1.54, 1.807) is 0 Å². The lowest BCUT2D eigenvalue weighted by Gasteiger charge is -2.31. The number of aryl methyl sites for hydroxylation is 1.